The van der Waals surface area contributed by atoms with Gasteiger partial charge < -0.3 is 39.3 Å². The summed E-state index contributed by atoms with van der Waals surface area (Å²) in [5.41, 5.74) is 4.03. The second-order valence-electron chi connectivity index (χ2n) is 12.4. The average Bonchev–Trinajstić information content (AvgIpc) is 2.76. The molecule has 0 fully saturated rings. The number of carbonyl (C=O) groups is 4. The van der Waals surface area contributed by atoms with Gasteiger partial charge in [-0.15, -0.1) is 0 Å². The third-order valence-corrected chi connectivity index (χ3v) is 4.87. The monoisotopic (exact) mass is 569 g/mol. The Hall–Kier alpha value is -3.54. The lowest BCUT2D eigenvalue weighted by molar-refractivity contribution is -0.144. The van der Waals surface area contributed by atoms with Crippen molar-refractivity contribution >= 4 is 24.4 Å². The van der Waals surface area contributed by atoms with Crippen LogP contribution in [-0.2, 0) is 30.2 Å². The van der Waals surface area contributed by atoms with Crippen molar-refractivity contribution in [2.24, 2.45) is 16.6 Å². The number of benzene rings is 1. The second kappa shape index (κ2) is 14.2. The number of ether oxygens (including phenoxy) is 6. The molecule has 0 spiro atoms. The van der Waals surface area contributed by atoms with Crippen molar-refractivity contribution in [3.63, 3.8) is 0 Å². The molecular formula is C28H43NO11. The summed E-state index contributed by atoms with van der Waals surface area (Å²) >= 11 is 0. The largest absolute Gasteiger partial charge is 0.513 e. The molecule has 0 aliphatic heterocycles. The molecule has 3 N–H and O–H groups in total. The molecule has 0 radical (unpaired) electrons. The van der Waals surface area contributed by atoms with Crippen LogP contribution in [0.2, 0.25) is 0 Å². The summed E-state index contributed by atoms with van der Waals surface area (Å²) in [5, 5.41) is 9.89. The smallest absolute Gasteiger partial charge is 0.480 e. The molecule has 1 rings (SSSR count). The first kappa shape index (κ1) is 34.5. The molecule has 12 nitrogen and oxygen atoms in total. The second-order valence-corrected chi connectivity index (χ2v) is 12.4. The summed E-state index contributed by atoms with van der Waals surface area (Å²) < 4.78 is 30.9. The molecule has 0 aliphatic carbocycles. The highest BCUT2D eigenvalue weighted by Crippen LogP contribution is 2.32. The van der Waals surface area contributed by atoms with E-state index >= 15 is 0 Å². The van der Waals surface area contributed by atoms with E-state index in [1.54, 1.807) is 13.8 Å². The number of carboxylic acid groups (broad SMARTS) is 1. The van der Waals surface area contributed by atoms with E-state index in [1.165, 1.54) is 25.1 Å². The summed E-state index contributed by atoms with van der Waals surface area (Å²) in [6, 6.07) is 4.10. The standard InChI is InChI=1S/C28H43NO11/c1-17(2)37-25(34)38-18(3)13-28(29,22(30)31)14-19-10-11-20(39-23(32)35-15-26(4,5)6)21(12-19)40-24(33)36-16-27(7,8)9/h10-12,17-18H,13-16,29H2,1-9H3,(H,30,31)/t18-,28?/m0/s1. The maximum Gasteiger partial charge on any atom is 0.513 e. The van der Waals surface area contributed by atoms with Gasteiger partial charge in [-0.3, -0.25) is 4.79 Å². The molecule has 0 aliphatic rings. The van der Waals surface area contributed by atoms with E-state index in [-0.39, 0.29) is 48.4 Å². The first-order chi connectivity index (χ1) is 18.2. The quantitative estimate of drug-likeness (QED) is 0.196. The number of aliphatic carboxylic acids is 1. The van der Waals surface area contributed by atoms with Gasteiger partial charge in [0.25, 0.3) is 0 Å². The Labute approximate surface area is 235 Å². The van der Waals surface area contributed by atoms with Gasteiger partial charge in [0, 0.05) is 12.8 Å². The van der Waals surface area contributed by atoms with Crippen molar-refractivity contribution < 1.29 is 52.7 Å². The zero-order valence-electron chi connectivity index (χ0n) is 24.8. The van der Waals surface area contributed by atoms with Gasteiger partial charge in [-0.2, -0.15) is 0 Å². The highest BCUT2D eigenvalue weighted by molar-refractivity contribution is 5.79. The Balaban J connectivity index is 3.20. The van der Waals surface area contributed by atoms with Crippen molar-refractivity contribution in [1.29, 1.82) is 0 Å². The molecule has 0 saturated heterocycles. The van der Waals surface area contributed by atoms with E-state index in [2.05, 4.69) is 0 Å². The highest BCUT2D eigenvalue weighted by atomic mass is 16.7. The van der Waals surface area contributed by atoms with Gasteiger partial charge in [-0.05, 0) is 49.3 Å². The summed E-state index contributed by atoms with van der Waals surface area (Å²) in [5.74, 6) is -1.71. The normalized spacial score (nSPS) is 14.0. The summed E-state index contributed by atoms with van der Waals surface area (Å²) in [6.45, 7) is 16.1. The molecule has 0 saturated carbocycles. The molecule has 1 aromatic rings. The fourth-order valence-electron chi connectivity index (χ4n) is 3.15. The maximum atomic E-state index is 12.4. The van der Waals surface area contributed by atoms with Crippen LogP contribution in [-0.4, -0.2) is 60.5 Å². The van der Waals surface area contributed by atoms with Crippen LogP contribution >= 0.6 is 0 Å². The average molecular weight is 570 g/mol. The number of carboxylic acids is 1. The van der Waals surface area contributed by atoms with Gasteiger partial charge in [0.15, 0.2) is 11.5 Å². The summed E-state index contributed by atoms with van der Waals surface area (Å²) in [6.07, 6.45) is -4.83. The first-order valence-corrected chi connectivity index (χ1v) is 12.9. The number of carbonyl (C=O) groups excluding carboxylic acids is 3. The SMILES string of the molecule is CC(C)OC(=O)O[C@@H](C)CC(N)(Cc1ccc(OC(=O)OCC(C)(C)C)c(OC(=O)OCC(C)(C)C)c1)C(=O)O. The minimum absolute atomic E-state index is 0.0530. The third kappa shape index (κ3) is 13.5. The Bertz CT molecular complexity index is 1040. The molecule has 2 atom stereocenters. The fraction of sp³-hybridized carbons (Fsp3) is 0.643. The molecular weight excluding hydrogens is 526 g/mol. The van der Waals surface area contributed by atoms with Crippen LogP contribution < -0.4 is 15.2 Å². The van der Waals surface area contributed by atoms with Crippen molar-refractivity contribution in [3.05, 3.63) is 23.8 Å². The van der Waals surface area contributed by atoms with E-state index in [9.17, 15) is 24.3 Å². The Morgan fingerprint density at radius 2 is 1.30 bits per heavy atom. The van der Waals surface area contributed by atoms with Crippen molar-refractivity contribution in [2.45, 2.75) is 92.9 Å². The lowest BCUT2D eigenvalue weighted by Crippen LogP contribution is -2.52. The summed E-state index contributed by atoms with van der Waals surface area (Å²) in [7, 11) is 0. The minimum Gasteiger partial charge on any atom is -0.480 e. The first-order valence-electron chi connectivity index (χ1n) is 12.9. The van der Waals surface area contributed by atoms with E-state index in [1.807, 2.05) is 41.5 Å². The van der Waals surface area contributed by atoms with Crippen LogP contribution in [0.25, 0.3) is 0 Å². The zero-order chi connectivity index (χ0) is 30.9. The van der Waals surface area contributed by atoms with Gasteiger partial charge in [-0.25, -0.2) is 14.4 Å². The van der Waals surface area contributed by atoms with Gasteiger partial charge in [0.05, 0.1) is 19.3 Å². The van der Waals surface area contributed by atoms with Crippen LogP contribution in [0.3, 0.4) is 0 Å². The number of rotatable bonds is 11. The van der Waals surface area contributed by atoms with E-state index < -0.39 is 42.2 Å². The fourth-order valence-corrected chi connectivity index (χ4v) is 3.15. The van der Waals surface area contributed by atoms with Crippen molar-refractivity contribution in [3.8, 4) is 11.5 Å². The van der Waals surface area contributed by atoms with Gasteiger partial charge >= 0.3 is 24.4 Å². The topological polar surface area (TPSA) is 170 Å². The molecule has 1 unspecified atom stereocenters. The highest BCUT2D eigenvalue weighted by Gasteiger charge is 2.37. The van der Waals surface area contributed by atoms with Crippen LogP contribution in [0.15, 0.2) is 18.2 Å². The molecule has 12 heteroatoms. The molecule has 40 heavy (non-hydrogen) atoms. The summed E-state index contributed by atoms with van der Waals surface area (Å²) in [4.78, 5) is 48.6. The van der Waals surface area contributed by atoms with Crippen LogP contribution in [0.1, 0.15) is 74.3 Å². The van der Waals surface area contributed by atoms with E-state index in [0.29, 0.717) is 5.56 Å². The molecule has 1 aromatic carbocycles. The van der Waals surface area contributed by atoms with E-state index in [0.717, 1.165) is 0 Å². The van der Waals surface area contributed by atoms with Gasteiger partial charge in [0.1, 0.15) is 11.6 Å². The number of hydrogen-bond donors (Lipinski definition) is 2. The number of nitrogens with two attached hydrogens (primary N) is 1. The van der Waals surface area contributed by atoms with Gasteiger partial charge in [0.2, 0.25) is 0 Å². The van der Waals surface area contributed by atoms with E-state index in [4.69, 9.17) is 34.2 Å². The van der Waals surface area contributed by atoms with Crippen molar-refractivity contribution in [2.75, 3.05) is 13.2 Å². The third-order valence-electron chi connectivity index (χ3n) is 4.87. The molecule has 0 amide bonds. The molecule has 0 bridgehead atoms. The minimum atomic E-state index is -1.88. The van der Waals surface area contributed by atoms with Crippen LogP contribution in [0.4, 0.5) is 14.4 Å². The van der Waals surface area contributed by atoms with Crippen molar-refractivity contribution in [1.82, 2.24) is 0 Å². The Morgan fingerprint density at radius 3 is 1.75 bits per heavy atom. The van der Waals surface area contributed by atoms with Gasteiger partial charge in [-0.1, -0.05) is 47.6 Å². The Morgan fingerprint density at radius 1 is 0.800 bits per heavy atom. The molecule has 226 valence electrons. The lowest BCUT2D eigenvalue weighted by Gasteiger charge is -2.28. The lowest BCUT2D eigenvalue weighted by atomic mass is 9.86. The van der Waals surface area contributed by atoms with Crippen LogP contribution in [0, 0.1) is 10.8 Å². The molecule has 0 heterocycles. The maximum absolute atomic E-state index is 12.4. The predicted octanol–water partition coefficient (Wildman–Crippen LogP) is 5.47. The predicted molar refractivity (Wildman–Crippen MR) is 144 cm³/mol. The molecule has 0 aromatic heterocycles. The zero-order valence-corrected chi connectivity index (χ0v) is 24.8. The number of hydrogen-bond acceptors (Lipinski definition) is 11. The van der Waals surface area contributed by atoms with Crippen LogP contribution in [0.5, 0.6) is 11.5 Å². The Kier molecular flexibility index (Phi) is 12.2.